The third-order valence-electron chi connectivity index (χ3n) is 23.1. The van der Waals surface area contributed by atoms with Gasteiger partial charge in [-0.1, -0.05) is 311 Å². The minimum Gasteiger partial charge on any atom is -0.481 e. The van der Waals surface area contributed by atoms with Gasteiger partial charge in [-0.25, -0.2) is 9.36 Å². The van der Waals surface area contributed by atoms with Crippen molar-refractivity contribution in [1.82, 2.24) is 10.6 Å². The van der Waals surface area contributed by atoms with Crippen LogP contribution in [0.15, 0.2) is 0 Å². The van der Waals surface area contributed by atoms with Gasteiger partial charge in [-0.05, 0) is 70.6 Å². The molecule has 0 spiro atoms. The normalized spacial score (nSPS) is 20.7. The number of nitrogens with one attached hydrogen (secondary N) is 2. The highest BCUT2D eigenvalue weighted by Crippen LogP contribution is 2.44. The molecule has 0 radical (unpaired) electrons. The molecule has 2 amide bonds. The zero-order chi connectivity index (χ0) is 87.7. The molecule has 10 N–H and O–H groups in total. The van der Waals surface area contributed by atoms with Gasteiger partial charge in [0.2, 0.25) is 11.8 Å². The molecule has 28 heteroatoms. The average Bonchev–Trinajstić information content (AvgIpc) is 0.768. The lowest BCUT2D eigenvalue weighted by Gasteiger charge is -2.48. The van der Waals surface area contributed by atoms with Gasteiger partial charge in [-0.3, -0.25) is 38.1 Å². The second-order valence-electron chi connectivity index (χ2n) is 34.1. The van der Waals surface area contributed by atoms with Crippen LogP contribution in [0.4, 0.5) is 0 Å². The van der Waals surface area contributed by atoms with Gasteiger partial charge in [0, 0.05) is 31.7 Å². The quantitative estimate of drug-likeness (QED) is 0.0117. The monoisotopic (exact) mass is 1720 g/mol. The third-order valence-corrected chi connectivity index (χ3v) is 23.6. The molecule has 0 bridgehead atoms. The van der Waals surface area contributed by atoms with Gasteiger partial charge in [0.25, 0.3) is 5.79 Å². The molecule has 119 heavy (non-hydrogen) atoms. The number of aliphatic hydroxyl groups excluding tert-OH is 4. The molecule has 2 fully saturated rings. The number of aliphatic hydroxyl groups is 4. The average molecular weight is 1720 g/mol. The maximum Gasteiger partial charge on any atom is 0.470 e. The first kappa shape index (κ1) is 111. The summed E-state index contributed by atoms with van der Waals surface area (Å²) in [6.07, 6.45) is 24.4. The number of carbonyl (C=O) groups excluding carboxylic acids is 6. The van der Waals surface area contributed by atoms with Crippen LogP contribution in [-0.2, 0) is 80.6 Å². The highest BCUT2D eigenvalue weighted by atomic mass is 31.2. The van der Waals surface area contributed by atoms with E-state index in [4.69, 9.17) is 37.7 Å². The van der Waals surface area contributed by atoms with Gasteiger partial charge in [0.05, 0.1) is 57.1 Å². The topological polar surface area (TPSA) is 413 Å². The second-order valence-corrected chi connectivity index (χ2v) is 35.3. The first-order valence-electron chi connectivity index (χ1n) is 47.5. The van der Waals surface area contributed by atoms with Crippen molar-refractivity contribution in [1.29, 1.82) is 0 Å². The van der Waals surface area contributed by atoms with Gasteiger partial charge in [0.15, 0.2) is 6.10 Å². The van der Waals surface area contributed by atoms with E-state index in [0.29, 0.717) is 44.9 Å². The second kappa shape index (κ2) is 69.8. The van der Waals surface area contributed by atoms with Crippen LogP contribution in [0.5, 0.6) is 0 Å². The van der Waals surface area contributed by atoms with Crippen molar-refractivity contribution in [2.45, 2.75) is 518 Å². The molecule has 2 rings (SSSR count). The van der Waals surface area contributed by atoms with Crippen LogP contribution in [0, 0.1) is 0 Å². The highest BCUT2D eigenvalue weighted by molar-refractivity contribution is 7.46. The Hall–Kier alpha value is -4.41. The number of hydrogen-bond donors (Lipinski definition) is 10. The van der Waals surface area contributed by atoms with Gasteiger partial charge in [-0.15, -0.1) is 0 Å². The summed E-state index contributed by atoms with van der Waals surface area (Å²) in [4.78, 5) is 135. The standard InChI is InChI=1S/C91H167N2O25P/c1-7-13-19-25-31-34-40-43-49-55-71(112-81(101)58-52-46-37-28-22-16-10-4)64-78(97)92-70(63-80(99)100)61-62-76-85(93-79(98)65-72(56-50-44-41-35-32-26-20-14-8-2)113-82(102)59-53-47-38-29-23-17-11-5)89(88(118-119(108,109)110)77(115-76)69-111-91(90(106)107)67-74(95)86(105)87(117-91)75(96)68-94)116-84(104)66-73(57-51-45-42-36-33-27-21-15-9-3)114-83(103)60-54-48-39-30-24-18-12-6/h70-77,85-89,94-96,105H,7-69H2,1-6H3,(H,92,97)(H,93,98)(H,99,100)(H,106,107)(H2,108,109,110)/t70-,71+,72+,73+,74?,75+,76?,77?,85?,86?,87?,88?,89?,91?/m0/s1. The minimum atomic E-state index is -5.86. The number of carboxylic acids is 2. The maximum atomic E-state index is 15.3. The first-order valence-corrected chi connectivity index (χ1v) is 49.0. The molecule has 0 aromatic rings. The molecule has 0 aromatic carbocycles. The Kier molecular flexibility index (Phi) is 64.9. The molecule has 696 valence electrons. The van der Waals surface area contributed by atoms with E-state index >= 15 is 9.59 Å². The van der Waals surface area contributed by atoms with E-state index < -0.39 is 186 Å². The van der Waals surface area contributed by atoms with Crippen molar-refractivity contribution in [2.24, 2.45) is 0 Å². The minimum absolute atomic E-state index is 0.0502. The number of carboxylic acid groups (broad SMARTS) is 2. The molecule has 0 saturated carbocycles. The molecule has 0 aliphatic carbocycles. The Labute approximate surface area is 715 Å². The fourth-order valence-electron chi connectivity index (χ4n) is 16.1. The molecule has 27 nitrogen and oxygen atoms in total. The van der Waals surface area contributed by atoms with Gasteiger partial charge >= 0.3 is 43.6 Å². The summed E-state index contributed by atoms with van der Waals surface area (Å²) in [6, 6.07) is -3.04. The number of aliphatic carboxylic acids is 2. The smallest absolute Gasteiger partial charge is 0.470 e. The van der Waals surface area contributed by atoms with E-state index in [1.807, 2.05) is 0 Å². The van der Waals surface area contributed by atoms with Gasteiger partial charge in [-0.2, -0.15) is 0 Å². The molecular formula is C91H167N2O25P. The molecule has 2 saturated heterocycles. The molecule has 14 atom stereocenters. The summed E-state index contributed by atoms with van der Waals surface area (Å²) in [5, 5.41) is 70.2. The third kappa shape index (κ3) is 54.2. The van der Waals surface area contributed by atoms with E-state index in [0.717, 1.165) is 257 Å². The van der Waals surface area contributed by atoms with Crippen LogP contribution in [-0.4, -0.2) is 186 Å². The Morgan fingerprint density at radius 2 is 0.798 bits per heavy atom. The van der Waals surface area contributed by atoms with Gasteiger partial charge in [0.1, 0.15) is 48.8 Å². The van der Waals surface area contributed by atoms with E-state index in [9.17, 15) is 73.8 Å². The number of phosphoric ester groups is 1. The van der Waals surface area contributed by atoms with Crippen LogP contribution in [0.25, 0.3) is 0 Å². The Balaban J connectivity index is 3.01. The van der Waals surface area contributed by atoms with Crippen molar-refractivity contribution in [2.75, 3.05) is 13.2 Å². The van der Waals surface area contributed by atoms with Crippen molar-refractivity contribution in [3.8, 4) is 0 Å². The van der Waals surface area contributed by atoms with E-state index in [2.05, 4.69) is 52.2 Å². The van der Waals surface area contributed by atoms with Crippen molar-refractivity contribution < 1.29 is 121 Å². The predicted octanol–water partition coefficient (Wildman–Crippen LogP) is 18.1. The number of rotatable bonds is 79. The number of hydrogen-bond acceptors (Lipinski definition) is 21. The van der Waals surface area contributed by atoms with Crippen molar-refractivity contribution in [3.63, 3.8) is 0 Å². The highest BCUT2D eigenvalue weighted by Gasteiger charge is 2.57. The predicted molar refractivity (Wildman–Crippen MR) is 459 cm³/mol. The summed E-state index contributed by atoms with van der Waals surface area (Å²) in [6.45, 7) is 10.6. The number of phosphoric acid groups is 1. The van der Waals surface area contributed by atoms with Gasteiger partial charge < -0.3 is 84.2 Å². The first-order chi connectivity index (χ1) is 57.3. The molecule has 0 aromatic heterocycles. The Bertz CT molecular complexity index is 2690. The Morgan fingerprint density at radius 1 is 0.445 bits per heavy atom. The van der Waals surface area contributed by atoms with Crippen molar-refractivity contribution >= 4 is 55.5 Å². The lowest BCUT2D eigenvalue weighted by atomic mass is 9.88. The zero-order valence-electron chi connectivity index (χ0n) is 74.5. The number of esters is 4. The zero-order valence-corrected chi connectivity index (χ0v) is 75.4. The summed E-state index contributed by atoms with van der Waals surface area (Å²) >= 11 is 0. The van der Waals surface area contributed by atoms with Crippen LogP contribution in [0.1, 0.15) is 433 Å². The summed E-state index contributed by atoms with van der Waals surface area (Å²) in [7, 11) is -5.86. The maximum absolute atomic E-state index is 15.3. The summed E-state index contributed by atoms with van der Waals surface area (Å²) in [5.41, 5.74) is 0. The molecule has 9 unspecified atom stereocenters. The van der Waals surface area contributed by atoms with E-state index in [1.54, 1.807) is 0 Å². The summed E-state index contributed by atoms with van der Waals surface area (Å²) < 4.78 is 62.5. The van der Waals surface area contributed by atoms with Crippen LogP contribution >= 0.6 is 7.82 Å². The lowest BCUT2D eigenvalue weighted by Crippen LogP contribution is -2.67. The van der Waals surface area contributed by atoms with Crippen LogP contribution in [0.2, 0.25) is 0 Å². The largest absolute Gasteiger partial charge is 0.481 e. The Morgan fingerprint density at radius 3 is 1.15 bits per heavy atom. The number of unbranched alkanes of at least 4 members (excludes halogenated alkanes) is 42. The SMILES string of the molecule is CCCCCCCCCCC[C@H](CC(=O)NC1C(CC[C@@H](CC(=O)O)NC(=O)C[C@@H](CCCCCCCCCCC)OC(=O)CCCCCCCCC)OC(COC2(C(=O)O)CC(O)C(O)C([C@H](O)CO)O2)C(OP(=O)(O)O)C1OC(=O)C[C@@H](CCCCCCCCCCC)OC(=O)CCCCCCCCC)OC(=O)CCCCCCCCC. The van der Waals surface area contributed by atoms with E-state index in [1.165, 1.54) is 12.8 Å². The number of ether oxygens (including phenoxy) is 7. The lowest BCUT2D eigenvalue weighted by molar-refractivity contribution is -0.332. The number of carbonyl (C=O) groups is 8. The fraction of sp³-hybridized carbons (Fsp3) is 0.912. The molecule has 2 heterocycles. The molecule has 2 aliphatic rings. The molecular weight excluding hydrogens is 1550 g/mol. The van der Waals surface area contributed by atoms with Crippen LogP contribution < -0.4 is 10.6 Å². The van der Waals surface area contributed by atoms with Crippen molar-refractivity contribution in [3.05, 3.63) is 0 Å². The summed E-state index contributed by atoms with van der Waals surface area (Å²) in [5.74, 6) is -10.5. The van der Waals surface area contributed by atoms with Crippen LogP contribution in [0.3, 0.4) is 0 Å². The van der Waals surface area contributed by atoms with E-state index in [-0.39, 0.29) is 44.9 Å². The molecule has 2 aliphatic heterocycles. The number of amides is 2. The fourth-order valence-corrected chi connectivity index (χ4v) is 16.6.